The van der Waals surface area contributed by atoms with Gasteiger partial charge in [0, 0.05) is 11.2 Å². The number of hydrogen-bond acceptors (Lipinski definition) is 7. The van der Waals surface area contributed by atoms with E-state index in [1.54, 1.807) is 24.3 Å². The number of ether oxygens (including phenoxy) is 1. The van der Waals surface area contributed by atoms with Gasteiger partial charge in [0.15, 0.2) is 5.69 Å². The van der Waals surface area contributed by atoms with Crippen LogP contribution in [0, 0.1) is 0 Å². The number of nitrogens with zero attached hydrogens (tertiary/aromatic N) is 2. The third kappa shape index (κ3) is 6.93. The topological polar surface area (TPSA) is 141 Å². The van der Waals surface area contributed by atoms with E-state index in [1.807, 2.05) is 27.7 Å². The number of anilines is 2. The number of hydrogen-bond donors (Lipinski definition) is 3. The Morgan fingerprint density at radius 2 is 1.79 bits per heavy atom. The molecule has 0 aliphatic rings. The van der Waals surface area contributed by atoms with Gasteiger partial charge in [0.1, 0.15) is 16.7 Å². The standard InChI is InChI=1S/C24H35N5O4S/c1-6-8-14-33-16-12-10-15(11-13-16)29(17(9-7-2)22(31)27-24(3,4)5)23(32)20-18(25)19(21(26)30)28-34-20/h10-13,17H,6-9,14,25H2,1-5H3,(H2,26,30)(H,27,31). The van der Waals surface area contributed by atoms with Gasteiger partial charge in [-0.05, 0) is 69.4 Å². The van der Waals surface area contributed by atoms with Gasteiger partial charge in [0.2, 0.25) is 5.91 Å². The summed E-state index contributed by atoms with van der Waals surface area (Å²) in [5.74, 6) is -0.957. The molecule has 2 aromatic rings. The second-order valence-electron chi connectivity index (χ2n) is 9.05. The molecular formula is C24H35N5O4S. The number of carbonyl (C=O) groups is 3. The number of unbranched alkanes of at least 4 members (excludes halogenated alkanes) is 1. The minimum atomic E-state index is -0.816. The van der Waals surface area contributed by atoms with Crippen molar-refractivity contribution in [2.24, 2.45) is 5.73 Å². The molecule has 34 heavy (non-hydrogen) atoms. The molecule has 9 nitrogen and oxygen atoms in total. The van der Waals surface area contributed by atoms with E-state index in [4.69, 9.17) is 16.2 Å². The summed E-state index contributed by atoms with van der Waals surface area (Å²) in [6.07, 6.45) is 3.04. The molecule has 3 amide bonds. The third-order valence-electron chi connectivity index (χ3n) is 4.93. The van der Waals surface area contributed by atoms with Crippen molar-refractivity contribution in [2.75, 3.05) is 17.2 Å². The summed E-state index contributed by atoms with van der Waals surface area (Å²) in [7, 11) is 0. The highest BCUT2D eigenvalue weighted by Crippen LogP contribution is 2.30. The maximum atomic E-state index is 13.7. The Balaban J connectivity index is 2.52. The zero-order chi connectivity index (χ0) is 25.5. The molecule has 186 valence electrons. The molecular weight excluding hydrogens is 454 g/mol. The Bertz CT molecular complexity index is 998. The number of carbonyl (C=O) groups excluding carboxylic acids is 3. The highest BCUT2D eigenvalue weighted by atomic mass is 32.1. The lowest BCUT2D eigenvalue weighted by Crippen LogP contribution is -2.54. The quantitative estimate of drug-likeness (QED) is 0.411. The van der Waals surface area contributed by atoms with E-state index in [1.165, 1.54) is 4.90 Å². The highest BCUT2D eigenvalue weighted by Gasteiger charge is 2.35. The van der Waals surface area contributed by atoms with Gasteiger partial charge in [0.25, 0.3) is 11.8 Å². The molecule has 5 N–H and O–H groups in total. The average molecular weight is 490 g/mol. The van der Waals surface area contributed by atoms with E-state index in [2.05, 4.69) is 16.6 Å². The fourth-order valence-electron chi connectivity index (χ4n) is 3.32. The van der Waals surface area contributed by atoms with E-state index < -0.39 is 23.4 Å². The summed E-state index contributed by atoms with van der Waals surface area (Å²) in [5, 5.41) is 2.97. The van der Waals surface area contributed by atoms with Gasteiger partial charge in [-0.3, -0.25) is 19.3 Å². The van der Waals surface area contributed by atoms with Gasteiger partial charge < -0.3 is 21.5 Å². The molecule has 0 fully saturated rings. The van der Waals surface area contributed by atoms with Crippen LogP contribution in [0.25, 0.3) is 0 Å². The largest absolute Gasteiger partial charge is 0.494 e. The predicted octanol–water partition coefficient (Wildman–Crippen LogP) is 3.73. The maximum absolute atomic E-state index is 13.7. The summed E-state index contributed by atoms with van der Waals surface area (Å²) in [6.45, 7) is 10.3. The van der Waals surface area contributed by atoms with Gasteiger partial charge in [-0.1, -0.05) is 26.7 Å². The molecule has 10 heteroatoms. The number of aromatic nitrogens is 1. The van der Waals surface area contributed by atoms with Crippen molar-refractivity contribution in [1.82, 2.24) is 9.69 Å². The van der Waals surface area contributed by atoms with Gasteiger partial charge >= 0.3 is 0 Å². The minimum Gasteiger partial charge on any atom is -0.494 e. The van der Waals surface area contributed by atoms with Crippen LogP contribution < -0.4 is 26.4 Å². The van der Waals surface area contributed by atoms with Crippen LogP contribution in [0.15, 0.2) is 24.3 Å². The Morgan fingerprint density at radius 1 is 1.15 bits per heavy atom. The number of nitrogens with two attached hydrogens (primary N) is 2. The fourth-order valence-corrected chi connectivity index (χ4v) is 4.06. The van der Waals surface area contributed by atoms with E-state index in [-0.39, 0.29) is 22.2 Å². The Labute approximate surface area is 205 Å². The fraction of sp³-hybridized carbons (Fsp3) is 0.500. The molecule has 0 saturated heterocycles. The van der Waals surface area contributed by atoms with Crippen molar-refractivity contribution in [1.29, 1.82) is 0 Å². The Hall–Kier alpha value is -3.14. The Kier molecular flexibility index (Phi) is 9.43. The molecule has 1 aromatic heterocycles. The molecule has 2 rings (SSSR count). The summed E-state index contributed by atoms with van der Waals surface area (Å²) in [4.78, 5) is 40.1. The summed E-state index contributed by atoms with van der Waals surface area (Å²) in [5.41, 5.74) is 11.2. The molecule has 0 radical (unpaired) electrons. The van der Waals surface area contributed by atoms with Gasteiger partial charge in [-0.2, -0.15) is 4.37 Å². The SMILES string of the molecule is CCCCOc1ccc(N(C(=O)c2snc(C(N)=O)c2N)C(CCC)C(=O)NC(C)(C)C)cc1. The number of primary amides is 1. The van der Waals surface area contributed by atoms with Crippen LogP contribution in [0.4, 0.5) is 11.4 Å². The number of nitrogen functional groups attached to an aromatic ring is 1. The van der Waals surface area contributed by atoms with E-state index in [0.717, 1.165) is 24.4 Å². The highest BCUT2D eigenvalue weighted by molar-refractivity contribution is 7.09. The first kappa shape index (κ1) is 27.1. The van der Waals surface area contributed by atoms with Crippen molar-refractivity contribution >= 4 is 40.6 Å². The first-order chi connectivity index (χ1) is 16.0. The zero-order valence-corrected chi connectivity index (χ0v) is 21.3. The van der Waals surface area contributed by atoms with Gasteiger partial charge in [-0.25, -0.2) is 0 Å². The number of benzene rings is 1. The van der Waals surface area contributed by atoms with Crippen LogP contribution in [0.2, 0.25) is 0 Å². The zero-order valence-electron chi connectivity index (χ0n) is 20.5. The molecule has 0 aliphatic carbocycles. The van der Waals surface area contributed by atoms with Crippen LogP contribution in [0.3, 0.4) is 0 Å². The molecule has 1 unspecified atom stereocenters. The first-order valence-corrected chi connectivity index (χ1v) is 12.2. The summed E-state index contributed by atoms with van der Waals surface area (Å²) in [6, 6.07) is 6.19. The van der Waals surface area contributed by atoms with Crippen molar-refractivity contribution < 1.29 is 19.1 Å². The van der Waals surface area contributed by atoms with E-state index in [0.29, 0.717) is 30.9 Å². The minimum absolute atomic E-state index is 0.0572. The lowest BCUT2D eigenvalue weighted by atomic mass is 10.0. The Morgan fingerprint density at radius 3 is 2.29 bits per heavy atom. The number of amides is 3. The van der Waals surface area contributed by atoms with Crippen LogP contribution in [0.5, 0.6) is 5.75 Å². The molecule has 0 aliphatic heterocycles. The lowest BCUT2D eigenvalue weighted by molar-refractivity contribution is -0.123. The normalized spacial score (nSPS) is 12.1. The maximum Gasteiger partial charge on any atom is 0.272 e. The molecule has 1 aromatic carbocycles. The average Bonchev–Trinajstić information content (AvgIpc) is 3.15. The molecule has 0 spiro atoms. The molecule has 1 atom stereocenters. The number of nitrogens with one attached hydrogen (secondary N) is 1. The second-order valence-corrected chi connectivity index (χ2v) is 9.83. The smallest absolute Gasteiger partial charge is 0.272 e. The van der Waals surface area contributed by atoms with Crippen molar-refractivity contribution in [3.8, 4) is 5.75 Å². The number of rotatable bonds is 11. The van der Waals surface area contributed by atoms with Gasteiger partial charge in [-0.15, -0.1) is 0 Å². The van der Waals surface area contributed by atoms with Crippen LogP contribution in [-0.2, 0) is 4.79 Å². The van der Waals surface area contributed by atoms with Crippen molar-refractivity contribution in [3.63, 3.8) is 0 Å². The van der Waals surface area contributed by atoms with Crippen molar-refractivity contribution in [3.05, 3.63) is 34.8 Å². The summed E-state index contributed by atoms with van der Waals surface area (Å²) < 4.78 is 9.69. The monoisotopic (exact) mass is 489 g/mol. The van der Waals surface area contributed by atoms with Crippen molar-refractivity contribution in [2.45, 2.75) is 71.9 Å². The predicted molar refractivity (Wildman–Crippen MR) is 135 cm³/mol. The van der Waals surface area contributed by atoms with E-state index in [9.17, 15) is 14.4 Å². The second kappa shape index (κ2) is 11.8. The molecule has 1 heterocycles. The first-order valence-electron chi connectivity index (χ1n) is 11.4. The van der Waals surface area contributed by atoms with Crippen LogP contribution >= 0.6 is 11.5 Å². The molecule has 0 saturated carbocycles. The van der Waals surface area contributed by atoms with Crippen LogP contribution in [0.1, 0.15) is 80.5 Å². The third-order valence-corrected chi connectivity index (χ3v) is 5.78. The lowest BCUT2D eigenvalue weighted by Gasteiger charge is -2.33. The molecule has 0 bridgehead atoms. The van der Waals surface area contributed by atoms with Gasteiger partial charge in [0.05, 0.1) is 12.3 Å². The summed E-state index contributed by atoms with van der Waals surface area (Å²) >= 11 is 0.789. The van der Waals surface area contributed by atoms with Crippen LogP contribution in [-0.4, -0.2) is 40.3 Å². The van der Waals surface area contributed by atoms with E-state index >= 15 is 0 Å².